The second-order valence-electron chi connectivity index (χ2n) is 20.2. The average Bonchev–Trinajstić information content (AvgIpc) is 3.41. The summed E-state index contributed by atoms with van der Waals surface area (Å²) >= 11 is 0. The molecule has 0 saturated carbocycles. The van der Waals surface area contributed by atoms with Crippen molar-refractivity contribution >= 4 is 19.8 Å². The molecule has 0 saturated heterocycles. The molecule has 2 atom stereocenters. The lowest BCUT2D eigenvalue weighted by Crippen LogP contribution is -2.37. The predicted octanol–water partition coefficient (Wildman–Crippen LogP) is 18.4. The highest BCUT2D eigenvalue weighted by Gasteiger charge is 2.21. The van der Waals surface area contributed by atoms with Crippen LogP contribution in [0.2, 0.25) is 0 Å². The van der Waals surface area contributed by atoms with E-state index < -0.39 is 32.5 Å². The van der Waals surface area contributed by atoms with Crippen molar-refractivity contribution in [3.63, 3.8) is 0 Å². The van der Waals surface area contributed by atoms with Gasteiger partial charge < -0.3 is 27.9 Å². The number of unbranched alkanes of at least 4 members (excludes halogenated alkanes) is 10. The Kier molecular flexibility index (Phi) is 53.7. The van der Waals surface area contributed by atoms with Crippen LogP contribution in [0.25, 0.3) is 0 Å². The maximum Gasteiger partial charge on any atom is 0.306 e. The van der Waals surface area contributed by atoms with E-state index in [4.69, 9.17) is 18.5 Å². The topological polar surface area (TPSA) is 111 Å². The second kappa shape index (κ2) is 57.1. The molecular formula is C68H108NO8P. The van der Waals surface area contributed by atoms with Crippen molar-refractivity contribution in [2.75, 3.05) is 47.5 Å². The van der Waals surface area contributed by atoms with Gasteiger partial charge in [-0.05, 0) is 128 Å². The average molecular weight is 1100 g/mol. The van der Waals surface area contributed by atoms with E-state index in [-0.39, 0.29) is 26.1 Å². The summed E-state index contributed by atoms with van der Waals surface area (Å²) in [6.45, 7) is 3.93. The molecule has 0 aromatic heterocycles. The number of rotatable bonds is 52. The number of esters is 2. The van der Waals surface area contributed by atoms with Crippen LogP contribution in [0.4, 0.5) is 0 Å². The first kappa shape index (κ1) is 73.4. The lowest BCUT2D eigenvalue weighted by Gasteiger charge is -2.28. The Morgan fingerprint density at radius 2 is 0.692 bits per heavy atom. The van der Waals surface area contributed by atoms with Gasteiger partial charge >= 0.3 is 11.9 Å². The van der Waals surface area contributed by atoms with Crippen LogP contribution in [0, 0.1) is 0 Å². The van der Waals surface area contributed by atoms with E-state index in [1.807, 2.05) is 21.1 Å². The Balaban J connectivity index is 4.24. The molecule has 0 N–H and O–H groups in total. The van der Waals surface area contributed by atoms with Gasteiger partial charge in [-0.2, -0.15) is 0 Å². The summed E-state index contributed by atoms with van der Waals surface area (Å²) < 4.78 is 34.1. The number of carbonyl (C=O) groups is 2. The first-order chi connectivity index (χ1) is 38.0. The normalized spacial score (nSPS) is 14.5. The standard InChI is InChI=1S/C68H108NO8P/c1-6-8-10-12-14-16-18-20-22-24-25-26-27-28-29-30-31-32-33-34-35-36-37-38-39-40-41-42-43-45-47-49-51-53-55-57-59-61-68(71)77-66(65-76-78(72,73)75-63-62-69(3,4)5)64-74-67(70)60-58-56-54-52-50-48-46-44-23-21-19-17-15-13-11-9-7-2/h8-11,14-17,20-23,25-26,28-29,31-32,34-35,37-38,40-41,43,45-46,48,66H,6-7,12-13,18-19,24,27,30,33,36,39,42,44,47,49-65H2,1-5H3/b10-8-,11-9-,16-14-,17-15-,22-20-,23-21-,26-25-,29-28-,32-31-,35-34-,38-37-,41-40-,45-43-,48-46-. The van der Waals surface area contributed by atoms with E-state index in [1.165, 1.54) is 0 Å². The first-order valence-corrected chi connectivity index (χ1v) is 31.3. The number of hydrogen-bond acceptors (Lipinski definition) is 8. The molecule has 0 aromatic carbocycles. The summed E-state index contributed by atoms with van der Waals surface area (Å²) in [5.41, 5.74) is 0. The fourth-order valence-corrected chi connectivity index (χ4v) is 7.93. The molecule has 0 amide bonds. The minimum atomic E-state index is -4.66. The molecule has 2 unspecified atom stereocenters. The lowest BCUT2D eigenvalue weighted by atomic mass is 10.1. The molecule has 0 aromatic rings. The molecule has 0 aliphatic heterocycles. The van der Waals surface area contributed by atoms with E-state index in [0.29, 0.717) is 23.9 Å². The Bertz CT molecular complexity index is 1920. The van der Waals surface area contributed by atoms with E-state index in [1.54, 1.807) is 0 Å². The molecule has 9 nitrogen and oxygen atoms in total. The number of quaternary nitrogens is 1. The van der Waals surface area contributed by atoms with Crippen molar-refractivity contribution in [2.45, 2.75) is 200 Å². The smallest absolute Gasteiger partial charge is 0.306 e. The van der Waals surface area contributed by atoms with Gasteiger partial charge in [0.25, 0.3) is 7.82 Å². The van der Waals surface area contributed by atoms with Crippen molar-refractivity contribution in [2.24, 2.45) is 0 Å². The van der Waals surface area contributed by atoms with Crippen molar-refractivity contribution in [1.82, 2.24) is 0 Å². The quantitative estimate of drug-likeness (QED) is 0.0195. The van der Waals surface area contributed by atoms with Crippen LogP contribution >= 0.6 is 7.82 Å². The number of hydrogen-bond donors (Lipinski definition) is 0. The Morgan fingerprint density at radius 3 is 1.03 bits per heavy atom. The minimum Gasteiger partial charge on any atom is -0.756 e. The number of phosphoric ester groups is 1. The molecule has 0 spiro atoms. The van der Waals surface area contributed by atoms with E-state index in [9.17, 15) is 19.0 Å². The zero-order valence-corrected chi connectivity index (χ0v) is 50.4. The zero-order valence-electron chi connectivity index (χ0n) is 49.5. The summed E-state index contributed by atoms with van der Waals surface area (Å²) in [5.74, 6) is -0.894. The maximum atomic E-state index is 12.8. The van der Waals surface area contributed by atoms with Crippen LogP contribution in [-0.2, 0) is 32.7 Å². The van der Waals surface area contributed by atoms with Gasteiger partial charge in [0.2, 0.25) is 0 Å². The van der Waals surface area contributed by atoms with Crippen molar-refractivity contribution < 1.29 is 42.1 Å². The van der Waals surface area contributed by atoms with Crippen LogP contribution in [0.15, 0.2) is 170 Å². The first-order valence-electron chi connectivity index (χ1n) is 29.8. The molecule has 0 aliphatic rings. The number of ether oxygens (including phenoxy) is 2. The Morgan fingerprint density at radius 1 is 0.397 bits per heavy atom. The minimum absolute atomic E-state index is 0.0483. The molecule has 10 heteroatoms. The summed E-state index contributed by atoms with van der Waals surface area (Å²) in [6.07, 6.45) is 86.9. The molecule has 0 rings (SSSR count). The third-order valence-electron chi connectivity index (χ3n) is 11.7. The van der Waals surface area contributed by atoms with Crippen LogP contribution in [0.1, 0.15) is 194 Å². The summed E-state index contributed by atoms with van der Waals surface area (Å²) in [7, 11) is 1.11. The summed E-state index contributed by atoms with van der Waals surface area (Å²) in [4.78, 5) is 37.8. The van der Waals surface area contributed by atoms with E-state index >= 15 is 0 Å². The third-order valence-corrected chi connectivity index (χ3v) is 12.7. The van der Waals surface area contributed by atoms with Crippen LogP contribution in [0.3, 0.4) is 0 Å². The lowest BCUT2D eigenvalue weighted by molar-refractivity contribution is -0.870. The van der Waals surface area contributed by atoms with Gasteiger partial charge in [0.1, 0.15) is 19.8 Å². The molecule has 438 valence electrons. The third kappa shape index (κ3) is 60.6. The number of nitrogens with zero attached hydrogens (tertiary/aromatic N) is 1. The van der Waals surface area contributed by atoms with Gasteiger partial charge in [-0.15, -0.1) is 0 Å². The monoisotopic (exact) mass is 1100 g/mol. The van der Waals surface area contributed by atoms with E-state index in [2.05, 4.69) is 184 Å². The second-order valence-corrected chi connectivity index (χ2v) is 21.7. The molecule has 0 fully saturated rings. The fourth-order valence-electron chi connectivity index (χ4n) is 7.20. The molecule has 0 aliphatic carbocycles. The van der Waals surface area contributed by atoms with Gasteiger partial charge in [0, 0.05) is 12.8 Å². The van der Waals surface area contributed by atoms with Gasteiger partial charge in [0.15, 0.2) is 6.10 Å². The van der Waals surface area contributed by atoms with Gasteiger partial charge in [-0.3, -0.25) is 14.2 Å². The molecule has 78 heavy (non-hydrogen) atoms. The largest absolute Gasteiger partial charge is 0.756 e. The number of allylic oxidation sites excluding steroid dienone is 28. The fraction of sp³-hybridized carbons (Fsp3) is 0.559. The van der Waals surface area contributed by atoms with Crippen LogP contribution in [-0.4, -0.2) is 70.0 Å². The van der Waals surface area contributed by atoms with Crippen molar-refractivity contribution in [1.29, 1.82) is 0 Å². The van der Waals surface area contributed by atoms with Gasteiger partial charge in [-0.25, -0.2) is 0 Å². The highest BCUT2D eigenvalue weighted by atomic mass is 31.2. The van der Waals surface area contributed by atoms with Crippen LogP contribution in [0.5, 0.6) is 0 Å². The summed E-state index contributed by atoms with van der Waals surface area (Å²) in [5, 5.41) is 0. The molecule has 0 bridgehead atoms. The highest BCUT2D eigenvalue weighted by Crippen LogP contribution is 2.38. The predicted molar refractivity (Wildman–Crippen MR) is 332 cm³/mol. The van der Waals surface area contributed by atoms with Gasteiger partial charge in [-0.1, -0.05) is 223 Å². The number of phosphoric acid groups is 1. The summed E-state index contributed by atoms with van der Waals surface area (Å²) in [6, 6.07) is 0. The Labute approximate surface area is 477 Å². The number of carbonyl (C=O) groups excluding carboxylic acids is 2. The van der Waals surface area contributed by atoms with E-state index in [0.717, 1.165) is 154 Å². The van der Waals surface area contributed by atoms with Crippen molar-refractivity contribution in [3.8, 4) is 0 Å². The maximum absolute atomic E-state index is 12.8. The Hall–Kier alpha value is -4.63. The highest BCUT2D eigenvalue weighted by molar-refractivity contribution is 7.45. The zero-order chi connectivity index (χ0) is 57.0. The molecule has 0 heterocycles. The SMILES string of the molecule is CC/C=C\C/C=C\C/C=C\C/C=C\C/C=C\C/C=C\C/C=C\C/C=C\C/C=C\C/C=C\CCCCCCCCC(=O)OC(COC(=O)CCCCCC/C=C\C/C=C\C/C=C\C/C=C\CC)COP(=O)([O-])OCC[N+](C)(C)C. The van der Waals surface area contributed by atoms with Crippen LogP contribution < -0.4 is 4.89 Å². The van der Waals surface area contributed by atoms with Crippen molar-refractivity contribution in [3.05, 3.63) is 170 Å². The molecular weight excluding hydrogens is 990 g/mol. The van der Waals surface area contributed by atoms with Gasteiger partial charge in [0.05, 0.1) is 27.7 Å². The molecule has 0 radical (unpaired) electrons. The number of likely N-dealkylation sites (N-methyl/N-ethyl adjacent to an activating group) is 1.